The highest BCUT2D eigenvalue weighted by atomic mass is 16.5. The number of hydrogen-bond donors (Lipinski definition) is 2. The van der Waals surface area contributed by atoms with Gasteiger partial charge in [0.25, 0.3) is 0 Å². The first kappa shape index (κ1) is 14.2. The number of ether oxygens (including phenoxy) is 2. The van der Waals surface area contributed by atoms with E-state index in [2.05, 4.69) is 5.32 Å². The molecule has 1 heterocycles. The fourth-order valence-electron chi connectivity index (χ4n) is 2.64. The van der Waals surface area contributed by atoms with Gasteiger partial charge in [-0.05, 0) is 43.5 Å². The van der Waals surface area contributed by atoms with Crippen LogP contribution in [0, 0.1) is 5.92 Å². The van der Waals surface area contributed by atoms with Crippen molar-refractivity contribution in [2.45, 2.75) is 25.4 Å². The molecule has 0 bridgehead atoms. The Bertz CT molecular complexity index is 402. The smallest absolute Gasteiger partial charge is 0.125 e. The van der Waals surface area contributed by atoms with Crippen LogP contribution in [0.2, 0.25) is 0 Å². The molecule has 4 heteroatoms. The number of benzene rings is 1. The van der Waals surface area contributed by atoms with Gasteiger partial charge in [-0.3, -0.25) is 0 Å². The molecule has 1 atom stereocenters. The lowest BCUT2D eigenvalue weighted by Gasteiger charge is -2.27. The highest BCUT2D eigenvalue weighted by Gasteiger charge is 2.22. The molecule has 0 amide bonds. The highest BCUT2D eigenvalue weighted by molar-refractivity contribution is 5.41. The van der Waals surface area contributed by atoms with Crippen molar-refractivity contribution < 1.29 is 14.6 Å². The van der Waals surface area contributed by atoms with Crippen LogP contribution in [-0.4, -0.2) is 38.5 Å². The van der Waals surface area contributed by atoms with Crippen molar-refractivity contribution in [1.29, 1.82) is 0 Å². The molecular weight excluding hydrogens is 242 g/mol. The molecule has 1 aromatic rings. The Morgan fingerprint density at radius 3 is 2.63 bits per heavy atom. The number of methoxy groups -OCH3 is 2. The second kappa shape index (κ2) is 6.78. The third-order valence-corrected chi connectivity index (χ3v) is 3.85. The van der Waals surface area contributed by atoms with Crippen molar-refractivity contribution in [3.8, 4) is 11.5 Å². The average molecular weight is 265 g/mol. The average Bonchev–Trinajstić information content (AvgIpc) is 2.48. The van der Waals surface area contributed by atoms with Crippen LogP contribution < -0.4 is 14.8 Å². The van der Waals surface area contributed by atoms with Gasteiger partial charge in [0.1, 0.15) is 11.5 Å². The summed E-state index contributed by atoms with van der Waals surface area (Å²) in [5, 5.41) is 13.7. The molecule has 4 nitrogen and oxygen atoms in total. The van der Waals surface area contributed by atoms with Crippen molar-refractivity contribution in [1.82, 2.24) is 5.32 Å². The Labute approximate surface area is 114 Å². The summed E-state index contributed by atoms with van der Waals surface area (Å²) in [7, 11) is 3.29. The van der Waals surface area contributed by atoms with E-state index in [0.29, 0.717) is 12.3 Å². The molecule has 1 saturated heterocycles. The van der Waals surface area contributed by atoms with Crippen molar-refractivity contribution in [2.24, 2.45) is 5.92 Å². The molecule has 0 aliphatic carbocycles. The van der Waals surface area contributed by atoms with Gasteiger partial charge in [0.05, 0.1) is 20.3 Å². The van der Waals surface area contributed by atoms with Gasteiger partial charge in [0, 0.05) is 12.5 Å². The van der Waals surface area contributed by atoms with Gasteiger partial charge in [-0.15, -0.1) is 0 Å². The first-order valence-electron chi connectivity index (χ1n) is 6.84. The SMILES string of the molecule is COc1ccc(CC(O)C2CCNCC2)c(OC)c1. The molecule has 106 valence electrons. The minimum atomic E-state index is -0.301. The summed E-state index contributed by atoms with van der Waals surface area (Å²) in [5.74, 6) is 1.94. The van der Waals surface area contributed by atoms with E-state index in [0.717, 1.165) is 43.0 Å². The monoisotopic (exact) mass is 265 g/mol. The van der Waals surface area contributed by atoms with Gasteiger partial charge >= 0.3 is 0 Å². The minimum Gasteiger partial charge on any atom is -0.497 e. The Morgan fingerprint density at radius 1 is 1.26 bits per heavy atom. The summed E-state index contributed by atoms with van der Waals surface area (Å²) in [6.45, 7) is 2.00. The molecule has 2 N–H and O–H groups in total. The van der Waals surface area contributed by atoms with Gasteiger partial charge < -0.3 is 19.9 Å². The van der Waals surface area contributed by atoms with Gasteiger partial charge in [-0.1, -0.05) is 6.07 Å². The number of rotatable bonds is 5. The molecule has 0 spiro atoms. The third-order valence-electron chi connectivity index (χ3n) is 3.85. The van der Waals surface area contributed by atoms with Crippen LogP contribution in [0.3, 0.4) is 0 Å². The van der Waals surface area contributed by atoms with E-state index in [4.69, 9.17) is 9.47 Å². The lowest BCUT2D eigenvalue weighted by molar-refractivity contribution is 0.0884. The summed E-state index contributed by atoms with van der Waals surface area (Å²) < 4.78 is 10.6. The van der Waals surface area contributed by atoms with E-state index in [1.807, 2.05) is 18.2 Å². The lowest BCUT2D eigenvalue weighted by Crippen LogP contribution is -2.35. The zero-order chi connectivity index (χ0) is 13.7. The van der Waals surface area contributed by atoms with Crippen LogP contribution >= 0.6 is 0 Å². The largest absolute Gasteiger partial charge is 0.497 e. The van der Waals surface area contributed by atoms with Gasteiger partial charge in [0.2, 0.25) is 0 Å². The summed E-state index contributed by atoms with van der Waals surface area (Å²) in [6.07, 6.45) is 2.42. The van der Waals surface area contributed by atoms with Crippen LogP contribution in [-0.2, 0) is 6.42 Å². The standard InChI is InChI=1S/C15H23NO3/c1-18-13-4-3-12(15(10-13)19-2)9-14(17)11-5-7-16-8-6-11/h3-4,10-11,14,16-17H,5-9H2,1-2H3. The Hall–Kier alpha value is -1.26. The molecule has 19 heavy (non-hydrogen) atoms. The summed E-state index contributed by atoms with van der Waals surface area (Å²) in [4.78, 5) is 0. The summed E-state index contributed by atoms with van der Waals surface area (Å²) in [6, 6.07) is 5.75. The van der Waals surface area contributed by atoms with E-state index >= 15 is 0 Å². The van der Waals surface area contributed by atoms with Crippen molar-refractivity contribution in [3.63, 3.8) is 0 Å². The van der Waals surface area contributed by atoms with Crippen LogP contribution in [0.25, 0.3) is 0 Å². The number of aliphatic hydroxyl groups excluding tert-OH is 1. The molecule has 0 aromatic heterocycles. The maximum absolute atomic E-state index is 10.4. The van der Waals surface area contributed by atoms with E-state index < -0.39 is 0 Å². The third kappa shape index (κ3) is 3.61. The Morgan fingerprint density at radius 2 is 2.00 bits per heavy atom. The van der Waals surface area contributed by atoms with Gasteiger partial charge in [0.15, 0.2) is 0 Å². The number of nitrogens with one attached hydrogen (secondary N) is 1. The van der Waals surface area contributed by atoms with E-state index in [1.165, 1.54) is 0 Å². The molecule has 2 rings (SSSR count). The van der Waals surface area contributed by atoms with E-state index in [9.17, 15) is 5.11 Å². The maximum atomic E-state index is 10.4. The van der Waals surface area contributed by atoms with Crippen molar-refractivity contribution in [3.05, 3.63) is 23.8 Å². The first-order chi connectivity index (χ1) is 9.24. The second-order valence-electron chi connectivity index (χ2n) is 5.04. The molecule has 1 fully saturated rings. The Balaban J connectivity index is 2.04. The predicted octanol–water partition coefficient (Wildman–Crippen LogP) is 1.61. The molecule has 0 saturated carbocycles. The number of aliphatic hydroxyl groups is 1. The Kier molecular flexibility index (Phi) is 5.05. The van der Waals surface area contributed by atoms with E-state index in [-0.39, 0.29) is 6.10 Å². The highest BCUT2D eigenvalue weighted by Crippen LogP contribution is 2.28. The topological polar surface area (TPSA) is 50.7 Å². The molecule has 1 unspecified atom stereocenters. The lowest BCUT2D eigenvalue weighted by atomic mass is 9.88. The van der Waals surface area contributed by atoms with Crippen LogP contribution in [0.4, 0.5) is 0 Å². The van der Waals surface area contributed by atoms with Crippen LogP contribution in [0.5, 0.6) is 11.5 Å². The number of hydrogen-bond acceptors (Lipinski definition) is 4. The fourth-order valence-corrected chi connectivity index (χ4v) is 2.64. The zero-order valence-corrected chi connectivity index (χ0v) is 11.7. The normalized spacial score (nSPS) is 18.1. The van der Waals surface area contributed by atoms with Gasteiger partial charge in [-0.25, -0.2) is 0 Å². The van der Waals surface area contributed by atoms with E-state index in [1.54, 1.807) is 14.2 Å². The van der Waals surface area contributed by atoms with Crippen molar-refractivity contribution in [2.75, 3.05) is 27.3 Å². The van der Waals surface area contributed by atoms with Crippen LogP contribution in [0.15, 0.2) is 18.2 Å². The first-order valence-corrected chi connectivity index (χ1v) is 6.84. The molecule has 1 aliphatic rings. The maximum Gasteiger partial charge on any atom is 0.125 e. The zero-order valence-electron chi connectivity index (χ0n) is 11.7. The molecule has 1 aliphatic heterocycles. The molecule has 1 aromatic carbocycles. The molecule has 0 radical (unpaired) electrons. The van der Waals surface area contributed by atoms with Crippen molar-refractivity contribution >= 4 is 0 Å². The predicted molar refractivity (Wildman–Crippen MR) is 74.9 cm³/mol. The summed E-state index contributed by atoms with van der Waals surface area (Å²) >= 11 is 0. The second-order valence-corrected chi connectivity index (χ2v) is 5.04. The van der Waals surface area contributed by atoms with Crippen LogP contribution in [0.1, 0.15) is 18.4 Å². The minimum absolute atomic E-state index is 0.301. The summed E-state index contributed by atoms with van der Waals surface area (Å²) in [5.41, 5.74) is 1.04. The fraction of sp³-hybridized carbons (Fsp3) is 0.600. The van der Waals surface area contributed by atoms with Gasteiger partial charge in [-0.2, -0.15) is 0 Å². The number of piperidine rings is 1. The quantitative estimate of drug-likeness (QED) is 0.849. The molecular formula is C15H23NO3.